The first kappa shape index (κ1) is 16.6. The van der Waals surface area contributed by atoms with Crippen LogP contribution >= 0.6 is 0 Å². The SMILES string of the molecule is CN(NC(=O)/C=C/c1cccc(C(F)(F)F)c1)c1ccccc1. The van der Waals surface area contributed by atoms with Gasteiger partial charge < -0.3 is 0 Å². The fraction of sp³-hybridized carbons (Fsp3) is 0.118. The molecule has 2 aromatic carbocycles. The summed E-state index contributed by atoms with van der Waals surface area (Å²) in [5, 5.41) is 1.53. The second-order valence-electron chi connectivity index (χ2n) is 4.83. The Morgan fingerprint density at radius 3 is 2.43 bits per heavy atom. The summed E-state index contributed by atoms with van der Waals surface area (Å²) >= 11 is 0. The minimum atomic E-state index is -4.40. The van der Waals surface area contributed by atoms with Gasteiger partial charge in [-0.2, -0.15) is 13.2 Å². The number of carbonyl (C=O) groups excluding carboxylic acids is 1. The minimum absolute atomic E-state index is 0.303. The third-order valence-corrected chi connectivity index (χ3v) is 3.06. The smallest absolute Gasteiger partial charge is 0.288 e. The highest BCUT2D eigenvalue weighted by Crippen LogP contribution is 2.29. The van der Waals surface area contributed by atoms with Crippen LogP contribution in [-0.4, -0.2) is 13.0 Å². The Hall–Kier alpha value is -2.76. The average Bonchev–Trinajstić information content (AvgIpc) is 2.53. The predicted molar refractivity (Wildman–Crippen MR) is 83.5 cm³/mol. The lowest BCUT2D eigenvalue weighted by molar-refractivity contribution is -0.137. The maximum atomic E-state index is 12.6. The summed E-state index contributed by atoms with van der Waals surface area (Å²) in [6.07, 6.45) is -1.88. The van der Waals surface area contributed by atoms with Crippen LogP contribution in [0.15, 0.2) is 60.7 Å². The van der Waals surface area contributed by atoms with Crippen molar-refractivity contribution in [3.63, 3.8) is 0 Å². The van der Waals surface area contributed by atoms with E-state index in [4.69, 9.17) is 0 Å². The second-order valence-corrected chi connectivity index (χ2v) is 4.83. The first-order chi connectivity index (χ1) is 10.9. The molecule has 6 heteroatoms. The number of halogens is 3. The molecule has 0 spiro atoms. The zero-order valence-corrected chi connectivity index (χ0v) is 12.3. The van der Waals surface area contributed by atoms with Crippen molar-refractivity contribution in [1.29, 1.82) is 0 Å². The molecule has 0 radical (unpaired) electrons. The van der Waals surface area contributed by atoms with E-state index in [-0.39, 0.29) is 0 Å². The van der Waals surface area contributed by atoms with Gasteiger partial charge in [0.25, 0.3) is 5.91 Å². The quantitative estimate of drug-likeness (QED) is 0.685. The van der Waals surface area contributed by atoms with Crippen LogP contribution in [-0.2, 0) is 11.0 Å². The van der Waals surface area contributed by atoms with Gasteiger partial charge in [-0.25, -0.2) is 0 Å². The number of nitrogens with zero attached hydrogens (tertiary/aromatic N) is 1. The molecule has 23 heavy (non-hydrogen) atoms. The van der Waals surface area contributed by atoms with Gasteiger partial charge in [0.2, 0.25) is 0 Å². The normalized spacial score (nSPS) is 11.5. The van der Waals surface area contributed by atoms with Gasteiger partial charge in [0.15, 0.2) is 0 Å². The number of benzene rings is 2. The molecule has 2 rings (SSSR count). The second kappa shape index (κ2) is 7.00. The van der Waals surface area contributed by atoms with E-state index < -0.39 is 17.6 Å². The van der Waals surface area contributed by atoms with E-state index >= 15 is 0 Å². The Kier molecular flexibility index (Phi) is 5.05. The molecule has 1 amide bonds. The van der Waals surface area contributed by atoms with Crippen LogP contribution in [0.4, 0.5) is 18.9 Å². The van der Waals surface area contributed by atoms with Gasteiger partial charge in [0, 0.05) is 13.1 Å². The van der Waals surface area contributed by atoms with E-state index in [2.05, 4.69) is 5.43 Å². The van der Waals surface area contributed by atoms with Gasteiger partial charge in [0.05, 0.1) is 11.3 Å². The number of amides is 1. The van der Waals surface area contributed by atoms with E-state index in [1.165, 1.54) is 29.3 Å². The Balaban J connectivity index is 2.01. The molecule has 0 aliphatic heterocycles. The molecule has 0 fully saturated rings. The largest absolute Gasteiger partial charge is 0.416 e. The van der Waals surface area contributed by atoms with Gasteiger partial charge >= 0.3 is 6.18 Å². The average molecular weight is 320 g/mol. The first-order valence-electron chi connectivity index (χ1n) is 6.81. The molecule has 0 heterocycles. The van der Waals surface area contributed by atoms with Crippen LogP contribution in [0.5, 0.6) is 0 Å². The van der Waals surface area contributed by atoms with Gasteiger partial charge in [-0.1, -0.05) is 30.3 Å². The highest BCUT2D eigenvalue weighted by molar-refractivity contribution is 5.92. The summed E-state index contributed by atoms with van der Waals surface area (Å²) in [6, 6.07) is 13.9. The van der Waals surface area contributed by atoms with E-state index in [1.807, 2.05) is 30.3 Å². The predicted octanol–water partition coefficient (Wildman–Crippen LogP) is 3.89. The van der Waals surface area contributed by atoms with Gasteiger partial charge in [-0.3, -0.25) is 15.2 Å². The number of hydrogen-bond acceptors (Lipinski definition) is 2. The van der Waals surface area contributed by atoms with Crippen LogP contribution in [0.25, 0.3) is 6.08 Å². The van der Waals surface area contributed by atoms with Crippen LogP contribution < -0.4 is 10.4 Å². The van der Waals surface area contributed by atoms with Crippen LogP contribution in [0.2, 0.25) is 0 Å². The lowest BCUT2D eigenvalue weighted by Crippen LogP contribution is -2.38. The fourth-order valence-electron chi connectivity index (χ4n) is 1.91. The van der Waals surface area contributed by atoms with Crippen molar-refractivity contribution in [2.24, 2.45) is 0 Å². The lowest BCUT2D eigenvalue weighted by Gasteiger charge is -2.19. The molecule has 0 saturated heterocycles. The van der Waals surface area contributed by atoms with Crippen molar-refractivity contribution in [2.75, 3.05) is 12.1 Å². The Bertz CT molecular complexity index is 696. The zero-order valence-electron chi connectivity index (χ0n) is 12.3. The number of anilines is 1. The zero-order chi connectivity index (χ0) is 16.9. The van der Waals surface area contributed by atoms with E-state index in [0.717, 1.165) is 17.8 Å². The maximum Gasteiger partial charge on any atom is 0.416 e. The molecule has 0 aromatic heterocycles. The van der Waals surface area contributed by atoms with Crippen molar-refractivity contribution >= 4 is 17.7 Å². The molecule has 3 nitrogen and oxygen atoms in total. The molecule has 0 aliphatic rings. The first-order valence-corrected chi connectivity index (χ1v) is 6.81. The minimum Gasteiger partial charge on any atom is -0.288 e. The summed E-state index contributed by atoms with van der Waals surface area (Å²) in [6.45, 7) is 0. The molecule has 120 valence electrons. The van der Waals surface area contributed by atoms with Gasteiger partial charge in [-0.15, -0.1) is 0 Å². The van der Waals surface area contributed by atoms with Crippen molar-refractivity contribution in [1.82, 2.24) is 5.43 Å². The molecular formula is C17H15F3N2O. The number of para-hydroxylation sites is 1. The van der Waals surface area contributed by atoms with Gasteiger partial charge in [-0.05, 0) is 35.9 Å². The van der Waals surface area contributed by atoms with E-state index in [1.54, 1.807) is 7.05 Å². The number of hydrogen-bond donors (Lipinski definition) is 1. The summed E-state index contributed by atoms with van der Waals surface area (Å²) in [4.78, 5) is 11.8. The van der Waals surface area contributed by atoms with Crippen molar-refractivity contribution in [3.05, 3.63) is 71.8 Å². The lowest BCUT2D eigenvalue weighted by atomic mass is 10.1. The number of alkyl halides is 3. The molecule has 0 bridgehead atoms. The number of rotatable bonds is 4. The third-order valence-electron chi connectivity index (χ3n) is 3.06. The van der Waals surface area contributed by atoms with Crippen LogP contribution in [0, 0.1) is 0 Å². The van der Waals surface area contributed by atoms with Crippen molar-refractivity contribution in [3.8, 4) is 0 Å². The van der Waals surface area contributed by atoms with Crippen LogP contribution in [0.3, 0.4) is 0 Å². The fourth-order valence-corrected chi connectivity index (χ4v) is 1.91. The summed E-state index contributed by atoms with van der Waals surface area (Å²) in [7, 11) is 1.67. The number of carbonyl (C=O) groups is 1. The summed E-state index contributed by atoms with van der Waals surface area (Å²) in [5.41, 5.74) is 2.94. The summed E-state index contributed by atoms with van der Waals surface area (Å²) in [5.74, 6) is -0.436. The van der Waals surface area contributed by atoms with Crippen LogP contribution in [0.1, 0.15) is 11.1 Å². The Labute approximate surface area is 132 Å². The highest BCUT2D eigenvalue weighted by Gasteiger charge is 2.30. The summed E-state index contributed by atoms with van der Waals surface area (Å²) < 4.78 is 37.8. The molecule has 1 N–H and O–H groups in total. The Morgan fingerprint density at radius 1 is 1.09 bits per heavy atom. The molecule has 2 aromatic rings. The number of nitrogens with one attached hydrogen (secondary N) is 1. The molecular weight excluding hydrogens is 305 g/mol. The maximum absolute atomic E-state index is 12.6. The van der Waals surface area contributed by atoms with Gasteiger partial charge in [0.1, 0.15) is 0 Å². The molecule has 0 unspecified atom stereocenters. The standard InChI is InChI=1S/C17H15F3N2O/c1-22(15-8-3-2-4-9-15)21-16(23)11-10-13-6-5-7-14(12-13)17(18,19)20/h2-12H,1H3,(H,21,23)/b11-10+. The molecule has 0 saturated carbocycles. The Morgan fingerprint density at radius 2 is 1.78 bits per heavy atom. The van der Waals surface area contributed by atoms with E-state index in [9.17, 15) is 18.0 Å². The number of hydrazine groups is 1. The molecule has 0 aliphatic carbocycles. The third kappa shape index (κ3) is 4.88. The highest BCUT2D eigenvalue weighted by atomic mass is 19.4. The van der Waals surface area contributed by atoms with Crippen molar-refractivity contribution in [2.45, 2.75) is 6.18 Å². The topological polar surface area (TPSA) is 32.3 Å². The molecule has 0 atom stereocenters. The monoisotopic (exact) mass is 320 g/mol. The van der Waals surface area contributed by atoms with E-state index in [0.29, 0.717) is 5.56 Å². The van der Waals surface area contributed by atoms with Crippen molar-refractivity contribution < 1.29 is 18.0 Å².